The molecule has 4 nitrogen and oxygen atoms in total. The van der Waals surface area contributed by atoms with E-state index in [0.29, 0.717) is 11.3 Å². The van der Waals surface area contributed by atoms with Crippen LogP contribution in [-0.4, -0.2) is 23.9 Å². The lowest BCUT2D eigenvalue weighted by Gasteiger charge is -2.13. The molecule has 2 rings (SSSR count). The number of aliphatic hydroxyl groups is 1. The van der Waals surface area contributed by atoms with Crippen LogP contribution in [0.5, 0.6) is 0 Å². The molecular formula is C7H9NO3S3. The molecule has 0 aliphatic carbocycles. The molecule has 0 aromatic carbocycles. The highest BCUT2D eigenvalue weighted by atomic mass is 32.3. The van der Waals surface area contributed by atoms with E-state index < -0.39 is 14.6 Å². The second kappa shape index (κ2) is 3.48. The first-order valence-corrected chi connectivity index (χ1v) is 7.41. The molecule has 78 valence electrons. The van der Waals surface area contributed by atoms with Gasteiger partial charge in [-0.1, -0.05) is 11.8 Å². The van der Waals surface area contributed by atoms with Gasteiger partial charge in [-0.3, -0.25) is 0 Å². The highest BCUT2D eigenvalue weighted by molar-refractivity contribution is 8.17. The summed E-state index contributed by atoms with van der Waals surface area (Å²) in [7, 11) is -3.56. The predicted molar refractivity (Wildman–Crippen MR) is 59.3 cm³/mol. The Labute approximate surface area is 90.7 Å². The van der Waals surface area contributed by atoms with Crippen LogP contribution in [-0.2, 0) is 10.0 Å². The maximum atomic E-state index is 11.1. The number of fused-ring (bicyclic) bond motifs is 1. The van der Waals surface area contributed by atoms with E-state index in [2.05, 4.69) is 0 Å². The minimum absolute atomic E-state index is 0.283. The summed E-state index contributed by atoms with van der Waals surface area (Å²) in [5, 5.41) is 14.6. The second-order valence-electron chi connectivity index (χ2n) is 2.98. The van der Waals surface area contributed by atoms with Crippen LogP contribution < -0.4 is 5.14 Å². The van der Waals surface area contributed by atoms with Crippen LogP contribution in [0.25, 0.3) is 0 Å². The Morgan fingerprint density at radius 2 is 2.29 bits per heavy atom. The second-order valence-corrected chi connectivity index (χ2v) is 7.25. The van der Waals surface area contributed by atoms with E-state index >= 15 is 0 Å². The van der Waals surface area contributed by atoms with Gasteiger partial charge in [-0.15, -0.1) is 11.8 Å². The zero-order valence-corrected chi connectivity index (χ0v) is 9.58. The Balaban J connectivity index is 2.37. The third kappa shape index (κ3) is 1.81. The quantitative estimate of drug-likeness (QED) is 0.730. The molecule has 1 atom stereocenters. The zero-order valence-electron chi connectivity index (χ0n) is 7.13. The Bertz CT molecular complexity index is 423. The molecule has 1 unspecified atom stereocenters. The average Bonchev–Trinajstić information content (AvgIpc) is 2.48. The molecule has 14 heavy (non-hydrogen) atoms. The lowest BCUT2D eigenvalue weighted by Crippen LogP contribution is -2.22. The molecule has 0 aromatic heterocycles. The largest absolute Gasteiger partial charge is 0.511 e. The highest BCUT2D eigenvalue weighted by Crippen LogP contribution is 2.48. The van der Waals surface area contributed by atoms with Gasteiger partial charge in [0.1, 0.15) is 10.3 Å². The summed E-state index contributed by atoms with van der Waals surface area (Å²) in [4.78, 5) is 1.53. The van der Waals surface area contributed by atoms with Crippen molar-refractivity contribution in [1.82, 2.24) is 0 Å². The minimum Gasteiger partial charge on any atom is -0.511 e. The van der Waals surface area contributed by atoms with Gasteiger partial charge in [0.2, 0.25) is 10.0 Å². The fraction of sp³-hybridized carbons (Fsp3) is 0.429. The molecule has 0 spiro atoms. The van der Waals surface area contributed by atoms with Gasteiger partial charge in [-0.05, 0) is 6.08 Å². The molecule has 0 amide bonds. The van der Waals surface area contributed by atoms with Gasteiger partial charge in [0.15, 0.2) is 0 Å². The van der Waals surface area contributed by atoms with Gasteiger partial charge in [0, 0.05) is 17.1 Å². The summed E-state index contributed by atoms with van der Waals surface area (Å²) in [5.41, 5.74) is 0. The number of hydrogen-bond donors (Lipinski definition) is 2. The lowest BCUT2D eigenvalue weighted by atomic mass is 10.3. The number of allylic oxidation sites excluding steroid dienone is 1. The standard InChI is InChI=1S/C7H9NO3S3/c8-14(10,11)6-3-5-7(13-6)4(9)1-2-12-5/h3,6,9H,1-2H2,(H2,8,10,11). The summed E-state index contributed by atoms with van der Waals surface area (Å²) in [6.45, 7) is 0. The average molecular weight is 251 g/mol. The zero-order chi connectivity index (χ0) is 10.3. The molecule has 0 aromatic rings. The van der Waals surface area contributed by atoms with Gasteiger partial charge in [0.05, 0.1) is 4.91 Å². The van der Waals surface area contributed by atoms with Crippen LogP contribution in [0.2, 0.25) is 0 Å². The third-order valence-corrected chi connectivity index (χ3v) is 6.05. The van der Waals surface area contributed by atoms with E-state index in [0.717, 1.165) is 22.4 Å². The molecule has 2 aliphatic heterocycles. The minimum atomic E-state index is -3.56. The van der Waals surface area contributed by atoms with E-state index in [1.807, 2.05) is 0 Å². The van der Waals surface area contributed by atoms with Crippen LogP contribution in [0.3, 0.4) is 0 Å². The van der Waals surface area contributed by atoms with Crippen LogP contribution in [0.4, 0.5) is 0 Å². The fourth-order valence-electron chi connectivity index (χ4n) is 1.26. The third-order valence-electron chi connectivity index (χ3n) is 1.93. The van der Waals surface area contributed by atoms with Gasteiger partial charge in [0.25, 0.3) is 0 Å². The molecule has 0 saturated heterocycles. The van der Waals surface area contributed by atoms with E-state index in [1.54, 1.807) is 17.8 Å². The van der Waals surface area contributed by atoms with E-state index in [4.69, 9.17) is 5.14 Å². The molecule has 0 fully saturated rings. The Kier molecular flexibility index (Phi) is 2.59. The van der Waals surface area contributed by atoms with Crippen LogP contribution in [0, 0.1) is 0 Å². The monoisotopic (exact) mass is 251 g/mol. The number of primary sulfonamides is 1. The van der Waals surface area contributed by atoms with Crippen molar-refractivity contribution in [1.29, 1.82) is 0 Å². The maximum absolute atomic E-state index is 11.1. The van der Waals surface area contributed by atoms with Crippen molar-refractivity contribution in [3.8, 4) is 0 Å². The smallest absolute Gasteiger partial charge is 0.225 e. The first kappa shape index (κ1) is 10.4. The van der Waals surface area contributed by atoms with Gasteiger partial charge >= 0.3 is 0 Å². The van der Waals surface area contributed by atoms with E-state index in [1.165, 1.54) is 0 Å². The van der Waals surface area contributed by atoms with E-state index in [9.17, 15) is 13.5 Å². The van der Waals surface area contributed by atoms with Gasteiger partial charge in [-0.2, -0.15) is 0 Å². The van der Waals surface area contributed by atoms with Crippen molar-refractivity contribution < 1.29 is 13.5 Å². The van der Waals surface area contributed by atoms with Crippen LogP contribution in [0.1, 0.15) is 6.42 Å². The van der Waals surface area contributed by atoms with Gasteiger partial charge < -0.3 is 5.11 Å². The Morgan fingerprint density at radius 3 is 2.86 bits per heavy atom. The van der Waals surface area contributed by atoms with Crippen LogP contribution in [0.15, 0.2) is 21.6 Å². The fourth-order valence-corrected chi connectivity index (χ4v) is 4.76. The summed E-state index contributed by atoms with van der Waals surface area (Å²) >= 11 is 2.67. The van der Waals surface area contributed by atoms with E-state index in [-0.39, 0.29) is 5.76 Å². The first-order valence-electron chi connectivity index (χ1n) is 3.94. The molecule has 2 heterocycles. The van der Waals surface area contributed by atoms with Crippen molar-refractivity contribution in [2.24, 2.45) is 5.14 Å². The van der Waals surface area contributed by atoms with Crippen molar-refractivity contribution in [2.45, 2.75) is 11.0 Å². The summed E-state index contributed by atoms with van der Waals surface area (Å²) in [6.07, 6.45) is 2.21. The molecule has 7 heteroatoms. The predicted octanol–water partition coefficient (Wildman–Crippen LogP) is 1.14. The molecule has 3 N–H and O–H groups in total. The first-order chi connectivity index (χ1) is 6.48. The molecule has 0 bridgehead atoms. The molecule has 2 aliphatic rings. The normalized spacial score (nSPS) is 27.5. The maximum Gasteiger partial charge on any atom is 0.225 e. The summed E-state index contributed by atoms with van der Waals surface area (Å²) in [6, 6.07) is 0. The SMILES string of the molecule is NS(=O)(=O)C1C=C2SCCC(O)=C2S1. The van der Waals surface area contributed by atoms with Crippen molar-refractivity contribution >= 4 is 33.5 Å². The topological polar surface area (TPSA) is 80.4 Å². The molecule has 0 radical (unpaired) electrons. The number of nitrogens with two attached hydrogens (primary N) is 1. The Hall–Kier alpha value is -0.110. The number of rotatable bonds is 1. The van der Waals surface area contributed by atoms with Crippen molar-refractivity contribution in [3.05, 3.63) is 21.6 Å². The van der Waals surface area contributed by atoms with Crippen molar-refractivity contribution in [3.63, 3.8) is 0 Å². The molecular weight excluding hydrogens is 242 g/mol. The van der Waals surface area contributed by atoms with Crippen molar-refractivity contribution in [2.75, 3.05) is 5.75 Å². The number of thioether (sulfide) groups is 2. The number of sulfonamides is 1. The number of hydrogen-bond acceptors (Lipinski definition) is 5. The Morgan fingerprint density at radius 1 is 1.57 bits per heavy atom. The van der Waals surface area contributed by atoms with Crippen LogP contribution >= 0.6 is 23.5 Å². The molecule has 0 saturated carbocycles. The van der Waals surface area contributed by atoms with Gasteiger partial charge in [-0.25, -0.2) is 13.6 Å². The summed E-state index contributed by atoms with van der Waals surface area (Å²) in [5.74, 6) is 1.07. The lowest BCUT2D eigenvalue weighted by molar-refractivity contribution is 0.393. The number of aliphatic hydroxyl groups excluding tert-OH is 1. The highest BCUT2D eigenvalue weighted by Gasteiger charge is 2.33. The summed E-state index contributed by atoms with van der Waals surface area (Å²) < 4.78 is 21.4.